The van der Waals surface area contributed by atoms with E-state index < -0.39 is 0 Å². The van der Waals surface area contributed by atoms with Crippen molar-refractivity contribution < 1.29 is 4.79 Å². The zero-order valence-electron chi connectivity index (χ0n) is 11.7. The third-order valence-corrected chi connectivity index (χ3v) is 2.92. The summed E-state index contributed by atoms with van der Waals surface area (Å²) in [5, 5.41) is 5.73. The second-order valence-corrected chi connectivity index (χ2v) is 4.79. The molecule has 4 nitrogen and oxygen atoms in total. The first-order valence-corrected chi connectivity index (χ1v) is 6.26. The first kappa shape index (κ1) is 14.5. The van der Waals surface area contributed by atoms with E-state index in [9.17, 15) is 4.79 Å². The van der Waals surface area contributed by atoms with Crippen LogP contribution in [0.1, 0.15) is 17.5 Å². The minimum atomic E-state index is -0.137. The highest BCUT2D eigenvalue weighted by atomic mass is 16.2. The Morgan fingerprint density at radius 2 is 2.00 bits per heavy atom. The molecule has 0 aromatic heterocycles. The average Bonchev–Trinajstić information content (AvgIpc) is 2.30. The number of hydrogen-bond donors (Lipinski definition) is 2. The Bertz CT molecular complexity index is 402. The molecular weight excluding hydrogens is 226 g/mol. The van der Waals surface area contributed by atoms with Gasteiger partial charge in [0, 0.05) is 12.2 Å². The number of urea groups is 1. The molecule has 0 unspecified atom stereocenters. The smallest absolute Gasteiger partial charge is 0.319 e. The number of amides is 2. The number of anilines is 1. The number of carbonyl (C=O) groups excluding carboxylic acids is 1. The van der Waals surface area contributed by atoms with E-state index in [0.29, 0.717) is 6.54 Å². The van der Waals surface area contributed by atoms with E-state index in [-0.39, 0.29) is 6.03 Å². The molecular formula is C14H23N3O. The van der Waals surface area contributed by atoms with Crippen LogP contribution in [-0.2, 0) is 0 Å². The SMILES string of the molecule is Cc1cccc(NC(=O)NCCCN(C)C)c1C. The van der Waals surface area contributed by atoms with Gasteiger partial charge in [-0.1, -0.05) is 12.1 Å². The van der Waals surface area contributed by atoms with Crippen LogP contribution in [0.4, 0.5) is 10.5 Å². The number of aryl methyl sites for hydroxylation is 1. The van der Waals surface area contributed by atoms with E-state index >= 15 is 0 Å². The molecule has 0 aliphatic rings. The molecule has 2 amide bonds. The standard InChI is InChI=1S/C14H23N3O/c1-11-7-5-8-13(12(11)2)16-14(18)15-9-6-10-17(3)4/h5,7-8H,6,9-10H2,1-4H3,(H2,15,16,18). The maximum absolute atomic E-state index is 11.7. The van der Waals surface area contributed by atoms with Crippen LogP contribution in [-0.4, -0.2) is 38.1 Å². The van der Waals surface area contributed by atoms with Crippen LogP contribution >= 0.6 is 0 Å². The van der Waals surface area contributed by atoms with Gasteiger partial charge in [-0.15, -0.1) is 0 Å². The largest absolute Gasteiger partial charge is 0.338 e. The molecule has 100 valence electrons. The molecule has 0 saturated heterocycles. The Morgan fingerprint density at radius 1 is 1.28 bits per heavy atom. The summed E-state index contributed by atoms with van der Waals surface area (Å²) in [4.78, 5) is 13.8. The predicted molar refractivity (Wildman–Crippen MR) is 76.1 cm³/mol. The van der Waals surface area contributed by atoms with Gasteiger partial charge < -0.3 is 15.5 Å². The summed E-state index contributed by atoms with van der Waals surface area (Å²) in [7, 11) is 4.05. The van der Waals surface area contributed by atoms with Crippen molar-refractivity contribution in [2.75, 3.05) is 32.5 Å². The average molecular weight is 249 g/mol. The molecule has 0 aliphatic heterocycles. The maximum atomic E-state index is 11.7. The third-order valence-electron chi connectivity index (χ3n) is 2.92. The first-order valence-electron chi connectivity index (χ1n) is 6.26. The number of carbonyl (C=O) groups is 1. The highest BCUT2D eigenvalue weighted by Gasteiger charge is 2.04. The summed E-state index contributed by atoms with van der Waals surface area (Å²) < 4.78 is 0. The van der Waals surface area contributed by atoms with Gasteiger partial charge in [-0.05, 0) is 58.1 Å². The van der Waals surface area contributed by atoms with Crippen molar-refractivity contribution in [1.82, 2.24) is 10.2 Å². The van der Waals surface area contributed by atoms with E-state index in [0.717, 1.165) is 24.2 Å². The molecule has 1 aromatic carbocycles. The summed E-state index contributed by atoms with van der Waals surface area (Å²) in [5.41, 5.74) is 3.17. The van der Waals surface area contributed by atoms with Crippen LogP contribution in [0, 0.1) is 13.8 Å². The molecule has 1 aromatic rings. The van der Waals surface area contributed by atoms with Crippen LogP contribution in [0.15, 0.2) is 18.2 Å². The molecule has 18 heavy (non-hydrogen) atoms. The van der Waals surface area contributed by atoms with Gasteiger partial charge in [0.25, 0.3) is 0 Å². The van der Waals surface area contributed by atoms with Gasteiger partial charge in [0.1, 0.15) is 0 Å². The van der Waals surface area contributed by atoms with Gasteiger partial charge >= 0.3 is 6.03 Å². The second-order valence-electron chi connectivity index (χ2n) is 4.79. The Morgan fingerprint density at radius 3 is 2.67 bits per heavy atom. The number of nitrogens with one attached hydrogen (secondary N) is 2. The van der Waals surface area contributed by atoms with Gasteiger partial charge in [-0.25, -0.2) is 4.79 Å². The van der Waals surface area contributed by atoms with Crippen molar-refractivity contribution in [1.29, 1.82) is 0 Å². The monoisotopic (exact) mass is 249 g/mol. The number of rotatable bonds is 5. The summed E-state index contributed by atoms with van der Waals surface area (Å²) in [5.74, 6) is 0. The van der Waals surface area contributed by atoms with Crippen molar-refractivity contribution in [3.05, 3.63) is 29.3 Å². The van der Waals surface area contributed by atoms with E-state index in [1.54, 1.807) is 0 Å². The molecule has 0 radical (unpaired) electrons. The minimum absolute atomic E-state index is 0.137. The Kier molecular flexibility index (Phi) is 5.65. The van der Waals surface area contributed by atoms with Crippen molar-refractivity contribution in [3.63, 3.8) is 0 Å². The molecule has 4 heteroatoms. The van der Waals surface area contributed by atoms with Crippen LogP contribution < -0.4 is 10.6 Å². The summed E-state index contributed by atoms with van der Waals surface area (Å²) in [6.45, 7) is 5.71. The molecule has 1 rings (SSSR count). The fourth-order valence-electron chi connectivity index (χ4n) is 1.65. The molecule has 0 heterocycles. The topological polar surface area (TPSA) is 44.4 Å². The molecule has 0 atom stereocenters. The fourth-order valence-corrected chi connectivity index (χ4v) is 1.65. The lowest BCUT2D eigenvalue weighted by Gasteiger charge is -2.12. The van der Waals surface area contributed by atoms with Crippen molar-refractivity contribution in [2.24, 2.45) is 0 Å². The van der Waals surface area contributed by atoms with E-state index in [1.165, 1.54) is 5.56 Å². The Balaban J connectivity index is 2.38. The lowest BCUT2D eigenvalue weighted by molar-refractivity contribution is 0.251. The lowest BCUT2D eigenvalue weighted by Crippen LogP contribution is -2.31. The first-order chi connectivity index (χ1) is 8.50. The number of hydrogen-bond acceptors (Lipinski definition) is 2. The molecule has 0 fully saturated rings. The van der Waals surface area contributed by atoms with Gasteiger partial charge in [0.2, 0.25) is 0 Å². The van der Waals surface area contributed by atoms with Crippen LogP contribution in [0.25, 0.3) is 0 Å². The van der Waals surface area contributed by atoms with Gasteiger partial charge in [-0.2, -0.15) is 0 Å². The van der Waals surface area contributed by atoms with Crippen LogP contribution in [0.2, 0.25) is 0 Å². The molecule has 0 spiro atoms. The van der Waals surface area contributed by atoms with Gasteiger partial charge in [-0.3, -0.25) is 0 Å². The second kappa shape index (κ2) is 7.01. The van der Waals surface area contributed by atoms with Gasteiger partial charge in [0.05, 0.1) is 0 Å². The fraction of sp³-hybridized carbons (Fsp3) is 0.500. The van der Waals surface area contributed by atoms with E-state index in [2.05, 4.69) is 15.5 Å². The normalized spacial score (nSPS) is 10.5. The van der Waals surface area contributed by atoms with Crippen LogP contribution in [0.3, 0.4) is 0 Å². The zero-order chi connectivity index (χ0) is 13.5. The third kappa shape index (κ3) is 4.75. The maximum Gasteiger partial charge on any atom is 0.319 e. The van der Waals surface area contributed by atoms with Crippen LogP contribution in [0.5, 0.6) is 0 Å². The van der Waals surface area contributed by atoms with E-state index in [1.807, 2.05) is 46.1 Å². The Hall–Kier alpha value is -1.55. The highest BCUT2D eigenvalue weighted by Crippen LogP contribution is 2.17. The lowest BCUT2D eigenvalue weighted by atomic mass is 10.1. The van der Waals surface area contributed by atoms with Crippen molar-refractivity contribution in [3.8, 4) is 0 Å². The molecule has 2 N–H and O–H groups in total. The van der Waals surface area contributed by atoms with Crippen molar-refractivity contribution in [2.45, 2.75) is 20.3 Å². The number of benzene rings is 1. The minimum Gasteiger partial charge on any atom is -0.338 e. The molecule has 0 aliphatic carbocycles. The molecule has 0 bridgehead atoms. The summed E-state index contributed by atoms with van der Waals surface area (Å²) >= 11 is 0. The van der Waals surface area contributed by atoms with Crippen molar-refractivity contribution >= 4 is 11.7 Å². The summed E-state index contributed by atoms with van der Waals surface area (Å²) in [6.07, 6.45) is 0.952. The van der Waals surface area contributed by atoms with Gasteiger partial charge in [0.15, 0.2) is 0 Å². The zero-order valence-corrected chi connectivity index (χ0v) is 11.7. The quantitative estimate of drug-likeness (QED) is 0.787. The highest BCUT2D eigenvalue weighted by molar-refractivity contribution is 5.90. The summed E-state index contributed by atoms with van der Waals surface area (Å²) in [6, 6.07) is 5.77. The van der Waals surface area contributed by atoms with E-state index in [4.69, 9.17) is 0 Å². The molecule has 0 saturated carbocycles. The predicted octanol–water partition coefficient (Wildman–Crippen LogP) is 2.38. The number of nitrogens with zero attached hydrogens (tertiary/aromatic N) is 1. The Labute approximate surface area is 109 Å².